The number of nitrogens with two attached hydrogens (primary N) is 1. The average molecular weight is 281 g/mol. The van der Waals surface area contributed by atoms with E-state index in [1.54, 1.807) is 14.2 Å². The minimum Gasteiger partial charge on any atom is -0.497 e. The summed E-state index contributed by atoms with van der Waals surface area (Å²) in [6, 6.07) is 8.18. The van der Waals surface area contributed by atoms with E-state index in [1.807, 2.05) is 12.1 Å². The lowest BCUT2D eigenvalue weighted by Gasteiger charge is -2.15. The van der Waals surface area contributed by atoms with Crippen LogP contribution in [0.5, 0.6) is 5.75 Å². The molecule has 1 atom stereocenters. The van der Waals surface area contributed by atoms with E-state index in [9.17, 15) is 0 Å². The second-order valence-electron chi connectivity index (χ2n) is 4.90. The van der Waals surface area contributed by atoms with Gasteiger partial charge >= 0.3 is 0 Å². The minimum atomic E-state index is 0.464. The Bertz CT molecular complexity index is 340. The quantitative estimate of drug-likeness (QED) is 0.632. The fraction of sp³-hybridized carbons (Fsp3) is 0.625. The van der Waals surface area contributed by atoms with Crippen LogP contribution in [0.15, 0.2) is 24.3 Å². The molecule has 0 heterocycles. The second-order valence-corrected chi connectivity index (χ2v) is 4.90. The summed E-state index contributed by atoms with van der Waals surface area (Å²) < 4.78 is 15.7. The Morgan fingerprint density at radius 2 is 1.80 bits per heavy atom. The molecule has 0 saturated heterocycles. The third-order valence-electron chi connectivity index (χ3n) is 3.32. The molecule has 0 aliphatic heterocycles. The van der Waals surface area contributed by atoms with E-state index in [0.29, 0.717) is 12.5 Å². The van der Waals surface area contributed by atoms with Gasteiger partial charge < -0.3 is 19.9 Å². The predicted molar refractivity (Wildman–Crippen MR) is 81.2 cm³/mol. The van der Waals surface area contributed by atoms with Gasteiger partial charge in [-0.05, 0) is 49.4 Å². The number of methoxy groups -OCH3 is 2. The number of benzene rings is 1. The van der Waals surface area contributed by atoms with Gasteiger partial charge in [0.05, 0.1) is 7.11 Å². The van der Waals surface area contributed by atoms with Gasteiger partial charge in [-0.3, -0.25) is 0 Å². The first-order valence-corrected chi connectivity index (χ1v) is 7.19. The largest absolute Gasteiger partial charge is 0.497 e. The zero-order valence-corrected chi connectivity index (χ0v) is 12.6. The molecule has 2 N–H and O–H groups in total. The highest BCUT2D eigenvalue weighted by Crippen LogP contribution is 2.16. The molecule has 0 radical (unpaired) electrons. The van der Waals surface area contributed by atoms with E-state index < -0.39 is 0 Å². The molecule has 0 spiro atoms. The summed E-state index contributed by atoms with van der Waals surface area (Å²) in [6.45, 7) is 2.97. The zero-order chi connectivity index (χ0) is 14.6. The fourth-order valence-electron chi connectivity index (χ4n) is 2.06. The Labute approximate surface area is 122 Å². The third kappa shape index (κ3) is 6.89. The third-order valence-corrected chi connectivity index (χ3v) is 3.32. The van der Waals surface area contributed by atoms with Gasteiger partial charge in [-0.1, -0.05) is 12.1 Å². The topological polar surface area (TPSA) is 53.7 Å². The van der Waals surface area contributed by atoms with Gasteiger partial charge in [-0.25, -0.2) is 0 Å². The maximum atomic E-state index is 5.84. The van der Waals surface area contributed by atoms with Crippen LogP contribution in [-0.2, 0) is 15.9 Å². The van der Waals surface area contributed by atoms with Crippen LogP contribution in [0, 0.1) is 5.92 Å². The van der Waals surface area contributed by atoms with Gasteiger partial charge in [-0.15, -0.1) is 0 Å². The Kier molecular flexibility index (Phi) is 9.04. The average Bonchev–Trinajstić information content (AvgIpc) is 2.50. The van der Waals surface area contributed by atoms with Crippen LogP contribution in [0.2, 0.25) is 0 Å². The molecule has 4 nitrogen and oxygen atoms in total. The Morgan fingerprint density at radius 3 is 2.40 bits per heavy atom. The lowest BCUT2D eigenvalue weighted by atomic mass is 9.96. The van der Waals surface area contributed by atoms with Gasteiger partial charge in [0.15, 0.2) is 0 Å². The summed E-state index contributed by atoms with van der Waals surface area (Å²) in [5, 5.41) is 0. The molecular weight excluding hydrogens is 254 g/mol. The van der Waals surface area contributed by atoms with Crippen molar-refractivity contribution in [3.63, 3.8) is 0 Å². The summed E-state index contributed by atoms with van der Waals surface area (Å²) in [4.78, 5) is 0. The fourth-order valence-corrected chi connectivity index (χ4v) is 2.06. The highest BCUT2D eigenvalue weighted by atomic mass is 16.5. The monoisotopic (exact) mass is 281 g/mol. The molecule has 114 valence electrons. The molecule has 20 heavy (non-hydrogen) atoms. The van der Waals surface area contributed by atoms with Crippen molar-refractivity contribution in [2.24, 2.45) is 11.7 Å². The highest BCUT2D eigenvalue weighted by molar-refractivity contribution is 5.27. The predicted octanol–water partition coefficient (Wildman–Crippen LogP) is 2.26. The molecule has 4 heteroatoms. The molecule has 1 unspecified atom stereocenters. The van der Waals surface area contributed by atoms with Crippen LogP contribution in [-0.4, -0.2) is 40.6 Å². The van der Waals surface area contributed by atoms with Crippen molar-refractivity contribution >= 4 is 0 Å². The number of ether oxygens (including phenoxy) is 3. The molecule has 0 bridgehead atoms. The van der Waals surface area contributed by atoms with Crippen molar-refractivity contribution in [3.8, 4) is 5.75 Å². The van der Waals surface area contributed by atoms with E-state index in [2.05, 4.69) is 12.1 Å². The lowest BCUT2D eigenvalue weighted by molar-refractivity contribution is 0.0942. The molecule has 0 amide bonds. The normalized spacial score (nSPS) is 12.3. The minimum absolute atomic E-state index is 0.464. The van der Waals surface area contributed by atoms with Crippen molar-refractivity contribution in [1.29, 1.82) is 0 Å². The SMILES string of the molecule is COCCCOCCC(CN)Cc1ccc(OC)cc1. The number of rotatable bonds is 11. The Morgan fingerprint density at radius 1 is 1.05 bits per heavy atom. The van der Waals surface area contributed by atoms with Crippen LogP contribution in [0.1, 0.15) is 18.4 Å². The van der Waals surface area contributed by atoms with Crippen LogP contribution >= 0.6 is 0 Å². The maximum Gasteiger partial charge on any atom is 0.118 e. The number of hydrogen-bond acceptors (Lipinski definition) is 4. The summed E-state index contributed by atoms with van der Waals surface area (Å²) in [5.41, 5.74) is 7.13. The Balaban J connectivity index is 2.24. The number of hydrogen-bond donors (Lipinski definition) is 1. The van der Waals surface area contributed by atoms with Gasteiger partial charge in [0, 0.05) is 26.9 Å². The van der Waals surface area contributed by atoms with Crippen molar-refractivity contribution in [2.45, 2.75) is 19.3 Å². The lowest BCUT2D eigenvalue weighted by Crippen LogP contribution is -2.19. The first-order chi connectivity index (χ1) is 9.80. The van der Waals surface area contributed by atoms with E-state index in [4.69, 9.17) is 19.9 Å². The van der Waals surface area contributed by atoms with E-state index >= 15 is 0 Å². The first-order valence-electron chi connectivity index (χ1n) is 7.19. The van der Waals surface area contributed by atoms with Crippen LogP contribution in [0.3, 0.4) is 0 Å². The van der Waals surface area contributed by atoms with Gasteiger partial charge in [0.25, 0.3) is 0 Å². The molecule has 0 fully saturated rings. The summed E-state index contributed by atoms with van der Waals surface area (Å²) >= 11 is 0. The van der Waals surface area contributed by atoms with Crippen molar-refractivity contribution in [1.82, 2.24) is 0 Å². The molecule has 0 aliphatic rings. The molecule has 0 saturated carbocycles. The van der Waals surface area contributed by atoms with Crippen molar-refractivity contribution in [3.05, 3.63) is 29.8 Å². The van der Waals surface area contributed by atoms with Gasteiger partial charge in [-0.2, -0.15) is 0 Å². The van der Waals surface area contributed by atoms with Gasteiger partial charge in [0.2, 0.25) is 0 Å². The van der Waals surface area contributed by atoms with Crippen molar-refractivity contribution < 1.29 is 14.2 Å². The van der Waals surface area contributed by atoms with Gasteiger partial charge in [0.1, 0.15) is 5.75 Å². The molecule has 1 rings (SSSR count). The van der Waals surface area contributed by atoms with E-state index in [0.717, 1.165) is 44.8 Å². The summed E-state index contributed by atoms with van der Waals surface area (Å²) in [5.74, 6) is 1.35. The molecule has 1 aromatic rings. The highest BCUT2D eigenvalue weighted by Gasteiger charge is 2.08. The van der Waals surface area contributed by atoms with Crippen LogP contribution < -0.4 is 10.5 Å². The zero-order valence-electron chi connectivity index (χ0n) is 12.6. The summed E-state index contributed by atoms with van der Waals surface area (Å²) in [7, 11) is 3.39. The smallest absolute Gasteiger partial charge is 0.118 e. The first kappa shape index (κ1) is 17.0. The molecule has 1 aromatic carbocycles. The van der Waals surface area contributed by atoms with E-state index in [1.165, 1.54) is 5.56 Å². The summed E-state index contributed by atoms with van der Waals surface area (Å²) in [6.07, 6.45) is 2.93. The molecule has 0 aromatic heterocycles. The standard InChI is InChI=1S/C16H27NO3/c1-18-9-3-10-20-11-8-15(13-17)12-14-4-6-16(19-2)7-5-14/h4-7,15H,3,8-13,17H2,1-2H3. The second kappa shape index (κ2) is 10.7. The van der Waals surface area contributed by atoms with Crippen molar-refractivity contribution in [2.75, 3.05) is 40.6 Å². The molecular formula is C16H27NO3. The van der Waals surface area contributed by atoms with E-state index in [-0.39, 0.29) is 0 Å². The van der Waals surface area contributed by atoms with Crippen LogP contribution in [0.4, 0.5) is 0 Å². The maximum absolute atomic E-state index is 5.84. The van der Waals surface area contributed by atoms with Crippen LogP contribution in [0.25, 0.3) is 0 Å². The molecule has 0 aliphatic carbocycles. The Hall–Kier alpha value is -1.10.